The van der Waals surface area contributed by atoms with Crippen molar-refractivity contribution >= 4 is 6.08 Å². The summed E-state index contributed by atoms with van der Waals surface area (Å²) in [4.78, 5) is 0. The van der Waals surface area contributed by atoms with E-state index in [1.165, 1.54) is 18.2 Å². The second-order valence-electron chi connectivity index (χ2n) is 2.76. The van der Waals surface area contributed by atoms with Crippen molar-refractivity contribution in [3.63, 3.8) is 0 Å². The van der Waals surface area contributed by atoms with Gasteiger partial charge in [-0.1, -0.05) is 24.3 Å². The Balaban J connectivity index is 2.79. The summed E-state index contributed by atoms with van der Waals surface area (Å²) in [6.07, 6.45) is -1.38. The summed E-state index contributed by atoms with van der Waals surface area (Å²) in [5.41, 5.74) is 5.83. The molecule has 2 nitrogen and oxygen atoms in total. The zero-order valence-corrected chi connectivity index (χ0v) is 7.79. The van der Waals surface area contributed by atoms with Crippen molar-refractivity contribution in [2.75, 3.05) is 6.54 Å². The molecule has 0 aliphatic carbocycles. The molecule has 0 saturated heterocycles. The van der Waals surface area contributed by atoms with Crippen molar-refractivity contribution in [2.45, 2.75) is 6.36 Å². The second-order valence-corrected chi connectivity index (χ2v) is 2.76. The van der Waals surface area contributed by atoms with Gasteiger partial charge in [-0.25, -0.2) is 0 Å². The van der Waals surface area contributed by atoms with Crippen LogP contribution in [0.2, 0.25) is 0 Å². The maximum absolute atomic E-state index is 11.9. The van der Waals surface area contributed by atoms with E-state index in [2.05, 4.69) is 4.74 Å². The van der Waals surface area contributed by atoms with Crippen molar-refractivity contribution < 1.29 is 17.9 Å². The molecule has 0 atom stereocenters. The Hall–Kier alpha value is -1.49. The monoisotopic (exact) mass is 217 g/mol. The van der Waals surface area contributed by atoms with E-state index in [0.717, 1.165) is 0 Å². The average Bonchev–Trinajstić information content (AvgIpc) is 2.12. The van der Waals surface area contributed by atoms with Crippen molar-refractivity contribution in [1.82, 2.24) is 0 Å². The van der Waals surface area contributed by atoms with Gasteiger partial charge in [0.25, 0.3) is 0 Å². The Bertz CT molecular complexity index is 347. The number of benzene rings is 1. The first-order chi connectivity index (χ1) is 7.01. The molecule has 0 aromatic heterocycles. The number of hydrogen-bond donors (Lipinski definition) is 1. The summed E-state index contributed by atoms with van der Waals surface area (Å²) in [7, 11) is 0. The normalized spacial score (nSPS) is 12.0. The van der Waals surface area contributed by atoms with Gasteiger partial charge in [0.05, 0.1) is 0 Å². The lowest BCUT2D eigenvalue weighted by atomic mass is 10.2. The fraction of sp³-hybridized carbons (Fsp3) is 0.200. The quantitative estimate of drug-likeness (QED) is 0.844. The summed E-state index contributed by atoms with van der Waals surface area (Å²) >= 11 is 0. The maximum Gasteiger partial charge on any atom is 0.573 e. The molecular formula is C10H10F3NO. The number of alkyl halides is 3. The SMILES string of the molecule is NCC=Cc1cccc(OC(F)(F)F)c1. The van der Waals surface area contributed by atoms with Crippen LogP contribution in [-0.2, 0) is 0 Å². The Labute approximate surface area is 85.2 Å². The third kappa shape index (κ3) is 4.51. The first-order valence-corrected chi connectivity index (χ1v) is 4.24. The largest absolute Gasteiger partial charge is 0.573 e. The van der Waals surface area contributed by atoms with Gasteiger partial charge in [-0.2, -0.15) is 0 Å². The zero-order chi connectivity index (χ0) is 11.3. The van der Waals surface area contributed by atoms with E-state index >= 15 is 0 Å². The standard InChI is InChI=1S/C10H10F3NO/c11-10(12,13)15-9-5-1-3-8(7-9)4-2-6-14/h1-5,7H,6,14H2. The highest BCUT2D eigenvalue weighted by molar-refractivity contribution is 5.51. The number of hydrogen-bond acceptors (Lipinski definition) is 2. The van der Waals surface area contributed by atoms with Crippen LogP contribution in [0, 0.1) is 0 Å². The number of halogens is 3. The van der Waals surface area contributed by atoms with Gasteiger partial charge < -0.3 is 10.5 Å². The molecule has 15 heavy (non-hydrogen) atoms. The van der Waals surface area contributed by atoms with Crippen LogP contribution in [-0.4, -0.2) is 12.9 Å². The van der Waals surface area contributed by atoms with Gasteiger partial charge in [-0.3, -0.25) is 0 Å². The van der Waals surface area contributed by atoms with Crippen molar-refractivity contribution in [3.8, 4) is 5.75 Å². The van der Waals surface area contributed by atoms with Crippen LogP contribution in [0.15, 0.2) is 30.3 Å². The van der Waals surface area contributed by atoms with Gasteiger partial charge in [0.2, 0.25) is 0 Å². The van der Waals surface area contributed by atoms with Gasteiger partial charge in [-0.15, -0.1) is 13.2 Å². The van der Waals surface area contributed by atoms with Gasteiger partial charge >= 0.3 is 6.36 Å². The molecule has 0 radical (unpaired) electrons. The summed E-state index contributed by atoms with van der Waals surface area (Å²) < 4.78 is 39.4. The smallest absolute Gasteiger partial charge is 0.406 e. The predicted molar refractivity (Wildman–Crippen MR) is 51.2 cm³/mol. The Morgan fingerprint density at radius 3 is 2.67 bits per heavy atom. The highest BCUT2D eigenvalue weighted by Gasteiger charge is 2.30. The van der Waals surface area contributed by atoms with Gasteiger partial charge in [0.1, 0.15) is 5.75 Å². The number of ether oxygens (including phenoxy) is 1. The Morgan fingerprint density at radius 1 is 1.33 bits per heavy atom. The molecule has 82 valence electrons. The molecule has 0 unspecified atom stereocenters. The summed E-state index contributed by atoms with van der Waals surface area (Å²) in [6.45, 7) is 0.338. The first-order valence-electron chi connectivity index (χ1n) is 4.24. The summed E-state index contributed by atoms with van der Waals surface area (Å²) in [5, 5.41) is 0. The molecule has 0 aliphatic rings. The van der Waals surface area contributed by atoms with Crippen LogP contribution in [0.5, 0.6) is 5.75 Å². The molecule has 0 aliphatic heterocycles. The van der Waals surface area contributed by atoms with E-state index in [9.17, 15) is 13.2 Å². The lowest BCUT2D eigenvalue weighted by Crippen LogP contribution is -2.17. The van der Waals surface area contributed by atoms with E-state index in [1.54, 1.807) is 18.2 Å². The molecule has 0 bridgehead atoms. The molecule has 0 amide bonds. The highest BCUT2D eigenvalue weighted by atomic mass is 19.4. The highest BCUT2D eigenvalue weighted by Crippen LogP contribution is 2.23. The minimum Gasteiger partial charge on any atom is -0.406 e. The second kappa shape index (κ2) is 4.84. The lowest BCUT2D eigenvalue weighted by molar-refractivity contribution is -0.274. The van der Waals surface area contributed by atoms with E-state index in [0.29, 0.717) is 12.1 Å². The van der Waals surface area contributed by atoms with Crippen molar-refractivity contribution in [2.24, 2.45) is 5.73 Å². The predicted octanol–water partition coefficient (Wildman–Crippen LogP) is 2.56. The number of rotatable bonds is 3. The van der Waals surface area contributed by atoms with Crippen LogP contribution >= 0.6 is 0 Å². The molecule has 1 rings (SSSR count). The molecule has 1 aromatic rings. The number of nitrogens with two attached hydrogens (primary N) is 1. The molecule has 0 saturated carbocycles. The lowest BCUT2D eigenvalue weighted by Gasteiger charge is -2.08. The fourth-order valence-electron chi connectivity index (χ4n) is 1.02. The topological polar surface area (TPSA) is 35.2 Å². The van der Waals surface area contributed by atoms with Crippen LogP contribution in [0.3, 0.4) is 0 Å². The zero-order valence-electron chi connectivity index (χ0n) is 7.79. The summed E-state index contributed by atoms with van der Waals surface area (Å²) in [6, 6.07) is 5.68. The van der Waals surface area contributed by atoms with Crippen LogP contribution in [0.1, 0.15) is 5.56 Å². The molecule has 1 aromatic carbocycles. The molecule has 0 spiro atoms. The molecular weight excluding hydrogens is 207 g/mol. The van der Waals surface area contributed by atoms with Gasteiger partial charge in [0.15, 0.2) is 0 Å². The third-order valence-electron chi connectivity index (χ3n) is 1.54. The maximum atomic E-state index is 11.9. The van der Waals surface area contributed by atoms with Crippen LogP contribution < -0.4 is 10.5 Å². The molecule has 0 fully saturated rings. The summed E-state index contributed by atoms with van der Waals surface area (Å²) in [5.74, 6) is -0.235. The van der Waals surface area contributed by atoms with Crippen molar-refractivity contribution in [3.05, 3.63) is 35.9 Å². The molecule has 0 heterocycles. The van der Waals surface area contributed by atoms with Gasteiger partial charge in [0, 0.05) is 6.54 Å². The molecule has 5 heteroatoms. The van der Waals surface area contributed by atoms with Crippen molar-refractivity contribution in [1.29, 1.82) is 0 Å². The van der Waals surface area contributed by atoms with E-state index < -0.39 is 6.36 Å². The minimum atomic E-state index is -4.66. The van der Waals surface area contributed by atoms with E-state index in [4.69, 9.17) is 5.73 Å². The Kier molecular flexibility index (Phi) is 3.74. The third-order valence-corrected chi connectivity index (χ3v) is 1.54. The average molecular weight is 217 g/mol. The van der Waals surface area contributed by atoms with E-state index in [-0.39, 0.29) is 5.75 Å². The minimum absolute atomic E-state index is 0.235. The van der Waals surface area contributed by atoms with Crippen LogP contribution in [0.4, 0.5) is 13.2 Å². The van der Waals surface area contributed by atoms with Crippen LogP contribution in [0.25, 0.3) is 6.08 Å². The molecule has 2 N–H and O–H groups in total. The fourth-order valence-corrected chi connectivity index (χ4v) is 1.02. The van der Waals surface area contributed by atoms with Gasteiger partial charge in [-0.05, 0) is 17.7 Å². The Morgan fingerprint density at radius 2 is 2.07 bits per heavy atom. The van der Waals surface area contributed by atoms with E-state index in [1.807, 2.05) is 0 Å². The first kappa shape index (κ1) is 11.6.